The number of unbranched alkanes of at least 4 members (excludes halogenated alkanes) is 2. The Morgan fingerprint density at radius 1 is 1.45 bits per heavy atom. The van der Waals surface area contributed by atoms with Crippen molar-refractivity contribution in [3.8, 4) is 11.8 Å². The van der Waals surface area contributed by atoms with E-state index in [1.54, 1.807) is 7.11 Å². The molecule has 1 amide bonds. The molecule has 1 aromatic rings. The molecule has 0 aliphatic carbocycles. The fourth-order valence-corrected chi connectivity index (χ4v) is 2.39. The van der Waals surface area contributed by atoms with E-state index in [2.05, 4.69) is 17.2 Å². The van der Waals surface area contributed by atoms with Crippen molar-refractivity contribution in [3.63, 3.8) is 0 Å². The maximum Gasteiger partial charge on any atom is 0.262 e. The second kappa shape index (κ2) is 10.4. The van der Waals surface area contributed by atoms with Crippen LogP contribution in [-0.4, -0.2) is 37.9 Å². The van der Waals surface area contributed by atoms with Crippen LogP contribution < -0.4 is 5.32 Å². The number of methoxy groups -OCH3 is 1. The predicted octanol–water partition coefficient (Wildman–Crippen LogP) is 2.03. The Morgan fingerprint density at radius 2 is 2.30 bits per heavy atom. The van der Waals surface area contributed by atoms with Crippen LogP contribution in [0.1, 0.15) is 40.9 Å². The highest BCUT2D eigenvalue weighted by atomic mass is 32.1. The SMILES string of the molecule is COCCCCCNC(=O)c1sccc1C#CCCO. The Balaban J connectivity index is 2.37. The molecule has 0 bridgehead atoms. The standard InChI is InChI=1S/C15H21NO3S/c1-19-11-6-2-4-9-16-15(18)14-13(8-12-20-14)7-3-5-10-17/h8,12,17H,2,4-6,9-11H2,1H3,(H,16,18). The summed E-state index contributed by atoms with van der Waals surface area (Å²) in [7, 11) is 1.69. The highest BCUT2D eigenvalue weighted by Crippen LogP contribution is 2.15. The summed E-state index contributed by atoms with van der Waals surface area (Å²) in [6.45, 7) is 1.48. The first-order valence-corrected chi connectivity index (χ1v) is 7.62. The van der Waals surface area contributed by atoms with Gasteiger partial charge in [0.15, 0.2) is 0 Å². The molecule has 5 heteroatoms. The maximum absolute atomic E-state index is 12.0. The molecule has 0 radical (unpaired) electrons. The summed E-state index contributed by atoms with van der Waals surface area (Å²) in [5.41, 5.74) is 0.736. The lowest BCUT2D eigenvalue weighted by atomic mass is 10.2. The molecular weight excluding hydrogens is 274 g/mol. The molecule has 0 aromatic carbocycles. The number of amides is 1. The Kier molecular flexibility index (Phi) is 8.72. The molecule has 1 heterocycles. The molecule has 0 atom stereocenters. The van der Waals surface area contributed by atoms with Crippen molar-refractivity contribution in [1.82, 2.24) is 5.32 Å². The van der Waals surface area contributed by atoms with Crippen molar-refractivity contribution in [2.75, 3.05) is 26.9 Å². The van der Waals surface area contributed by atoms with Gasteiger partial charge in [-0.15, -0.1) is 11.3 Å². The number of carbonyl (C=O) groups excluding carboxylic acids is 1. The number of carbonyl (C=O) groups is 1. The fraction of sp³-hybridized carbons (Fsp3) is 0.533. The van der Waals surface area contributed by atoms with Gasteiger partial charge in [-0.25, -0.2) is 0 Å². The molecule has 0 fully saturated rings. The monoisotopic (exact) mass is 295 g/mol. The van der Waals surface area contributed by atoms with E-state index >= 15 is 0 Å². The van der Waals surface area contributed by atoms with Gasteiger partial charge in [-0.2, -0.15) is 0 Å². The molecule has 0 saturated heterocycles. The molecule has 0 spiro atoms. The van der Waals surface area contributed by atoms with Gasteiger partial charge in [0.2, 0.25) is 0 Å². The van der Waals surface area contributed by atoms with E-state index < -0.39 is 0 Å². The zero-order valence-electron chi connectivity index (χ0n) is 11.8. The summed E-state index contributed by atoms with van der Waals surface area (Å²) < 4.78 is 4.97. The molecule has 0 aliphatic heterocycles. The number of ether oxygens (including phenoxy) is 1. The molecule has 110 valence electrons. The molecule has 2 N–H and O–H groups in total. The largest absolute Gasteiger partial charge is 0.395 e. The lowest BCUT2D eigenvalue weighted by molar-refractivity contribution is 0.0956. The molecule has 1 aromatic heterocycles. The molecule has 0 saturated carbocycles. The number of aliphatic hydroxyl groups is 1. The summed E-state index contributed by atoms with van der Waals surface area (Å²) in [5.74, 6) is 5.68. The van der Waals surface area contributed by atoms with Crippen molar-refractivity contribution in [3.05, 3.63) is 21.9 Å². The third kappa shape index (κ3) is 6.20. The van der Waals surface area contributed by atoms with Gasteiger partial charge in [0, 0.05) is 32.2 Å². The topological polar surface area (TPSA) is 58.6 Å². The van der Waals surface area contributed by atoms with E-state index in [1.165, 1.54) is 11.3 Å². The van der Waals surface area contributed by atoms with E-state index in [1.807, 2.05) is 11.4 Å². The van der Waals surface area contributed by atoms with Crippen LogP contribution in [0.15, 0.2) is 11.4 Å². The van der Waals surface area contributed by atoms with Crippen LogP contribution in [0.2, 0.25) is 0 Å². The minimum Gasteiger partial charge on any atom is -0.395 e. The first-order chi connectivity index (χ1) is 9.79. The highest BCUT2D eigenvalue weighted by molar-refractivity contribution is 7.12. The molecule has 4 nitrogen and oxygen atoms in total. The van der Waals surface area contributed by atoms with Crippen LogP contribution in [0.5, 0.6) is 0 Å². The second-order valence-corrected chi connectivity index (χ2v) is 5.16. The van der Waals surface area contributed by atoms with Crippen molar-refractivity contribution >= 4 is 17.2 Å². The average molecular weight is 295 g/mol. The third-order valence-electron chi connectivity index (χ3n) is 2.64. The maximum atomic E-state index is 12.0. The van der Waals surface area contributed by atoms with Gasteiger partial charge in [-0.1, -0.05) is 11.8 Å². The average Bonchev–Trinajstić information content (AvgIpc) is 2.91. The summed E-state index contributed by atoms with van der Waals surface area (Å²) in [4.78, 5) is 12.7. The van der Waals surface area contributed by atoms with Crippen LogP contribution in [0.3, 0.4) is 0 Å². The lowest BCUT2D eigenvalue weighted by Crippen LogP contribution is -2.24. The van der Waals surface area contributed by atoms with Gasteiger partial charge >= 0.3 is 0 Å². The van der Waals surface area contributed by atoms with Gasteiger partial charge in [-0.05, 0) is 30.7 Å². The van der Waals surface area contributed by atoms with Gasteiger partial charge < -0.3 is 15.2 Å². The van der Waals surface area contributed by atoms with E-state index in [9.17, 15) is 4.79 Å². The first-order valence-electron chi connectivity index (χ1n) is 6.74. The number of hydrogen-bond acceptors (Lipinski definition) is 4. The van der Waals surface area contributed by atoms with E-state index in [-0.39, 0.29) is 12.5 Å². The van der Waals surface area contributed by atoms with E-state index in [4.69, 9.17) is 9.84 Å². The molecule has 0 unspecified atom stereocenters. The Labute approximate surface area is 124 Å². The van der Waals surface area contributed by atoms with Crippen LogP contribution in [0.4, 0.5) is 0 Å². The smallest absolute Gasteiger partial charge is 0.262 e. The number of aliphatic hydroxyl groups excluding tert-OH is 1. The predicted molar refractivity (Wildman–Crippen MR) is 81.0 cm³/mol. The summed E-state index contributed by atoms with van der Waals surface area (Å²) in [6.07, 6.45) is 3.44. The Morgan fingerprint density at radius 3 is 3.05 bits per heavy atom. The van der Waals surface area contributed by atoms with Gasteiger partial charge in [0.1, 0.15) is 4.88 Å². The fourth-order valence-electron chi connectivity index (χ4n) is 1.63. The molecular formula is C15H21NO3S. The summed E-state index contributed by atoms with van der Waals surface area (Å²) >= 11 is 1.39. The van der Waals surface area contributed by atoms with E-state index in [0.717, 1.165) is 31.4 Å². The van der Waals surface area contributed by atoms with Crippen molar-refractivity contribution in [1.29, 1.82) is 0 Å². The highest BCUT2D eigenvalue weighted by Gasteiger charge is 2.10. The van der Waals surface area contributed by atoms with E-state index in [0.29, 0.717) is 17.8 Å². The minimum absolute atomic E-state index is 0.0418. The van der Waals surface area contributed by atoms with Crippen LogP contribution in [-0.2, 0) is 4.74 Å². The Hall–Kier alpha value is -1.35. The Bertz CT molecular complexity index is 459. The summed E-state index contributed by atoms with van der Waals surface area (Å²) in [6, 6.07) is 1.84. The van der Waals surface area contributed by atoms with Gasteiger partial charge in [0.05, 0.1) is 6.61 Å². The van der Waals surface area contributed by atoms with Crippen LogP contribution >= 0.6 is 11.3 Å². The summed E-state index contributed by atoms with van der Waals surface area (Å²) in [5, 5.41) is 13.5. The van der Waals surface area contributed by atoms with Crippen molar-refractivity contribution < 1.29 is 14.6 Å². The lowest BCUT2D eigenvalue weighted by Gasteiger charge is -2.04. The molecule has 0 aliphatic rings. The molecule has 1 rings (SSSR count). The number of rotatable bonds is 8. The molecule has 20 heavy (non-hydrogen) atoms. The number of nitrogens with one attached hydrogen (secondary N) is 1. The first kappa shape index (κ1) is 16.7. The quantitative estimate of drug-likeness (QED) is 0.570. The number of hydrogen-bond donors (Lipinski definition) is 2. The van der Waals surface area contributed by atoms with Crippen LogP contribution in [0, 0.1) is 11.8 Å². The minimum atomic E-state index is -0.0694. The zero-order chi connectivity index (χ0) is 14.6. The number of thiophene rings is 1. The normalized spacial score (nSPS) is 9.90. The third-order valence-corrected chi connectivity index (χ3v) is 3.56. The van der Waals surface area contributed by atoms with Crippen LogP contribution in [0.25, 0.3) is 0 Å². The second-order valence-electron chi connectivity index (χ2n) is 4.25. The zero-order valence-corrected chi connectivity index (χ0v) is 12.6. The van der Waals surface area contributed by atoms with Crippen molar-refractivity contribution in [2.45, 2.75) is 25.7 Å². The van der Waals surface area contributed by atoms with Gasteiger partial charge in [-0.3, -0.25) is 4.79 Å². The van der Waals surface area contributed by atoms with Crippen molar-refractivity contribution in [2.24, 2.45) is 0 Å². The van der Waals surface area contributed by atoms with Gasteiger partial charge in [0.25, 0.3) is 5.91 Å².